The number of aliphatic carboxylic acids is 1. The van der Waals surface area contributed by atoms with Crippen LogP contribution in [-0.4, -0.2) is 47.2 Å². The molecule has 2 N–H and O–H groups in total. The van der Waals surface area contributed by atoms with Crippen molar-refractivity contribution in [2.75, 3.05) is 13.6 Å². The van der Waals surface area contributed by atoms with Crippen molar-refractivity contribution in [2.45, 2.75) is 69.5 Å². The molecular formula is C14H26N2O2. The molecule has 0 aliphatic heterocycles. The summed E-state index contributed by atoms with van der Waals surface area (Å²) in [6, 6.07) is 0.873. The maximum absolute atomic E-state index is 11.7. The molecule has 2 saturated carbocycles. The summed E-state index contributed by atoms with van der Waals surface area (Å²) in [6.07, 6.45) is 7.12. The number of carboxylic acid groups (broad SMARTS) is 1. The van der Waals surface area contributed by atoms with Gasteiger partial charge >= 0.3 is 5.97 Å². The van der Waals surface area contributed by atoms with Gasteiger partial charge in [0.05, 0.1) is 0 Å². The molecule has 0 amide bonds. The number of hydrogen-bond donors (Lipinski definition) is 2. The summed E-state index contributed by atoms with van der Waals surface area (Å²) in [6.45, 7) is 3.23. The van der Waals surface area contributed by atoms with Crippen LogP contribution >= 0.6 is 0 Å². The van der Waals surface area contributed by atoms with Gasteiger partial charge in [0.25, 0.3) is 0 Å². The zero-order chi connectivity index (χ0) is 13.2. The minimum absolute atomic E-state index is 0.418. The Hall–Kier alpha value is -0.610. The van der Waals surface area contributed by atoms with Gasteiger partial charge in [0, 0.05) is 12.1 Å². The van der Waals surface area contributed by atoms with E-state index >= 15 is 0 Å². The van der Waals surface area contributed by atoms with E-state index in [9.17, 15) is 9.90 Å². The second kappa shape index (κ2) is 5.57. The molecule has 104 valence electrons. The van der Waals surface area contributed by atoms with E-state index in [0.29, 0.717) is 12.1 Å². The van der Waals surface area contributed by atoms with E-state index in [0.717, 1.165) is 51.5 Å². The second-order valence-corrected chi connectivity index (χ2v) is 6.04. The van der Waals surface area contributed by atoms with Gasteiger partial charge in [-0.3, -0.25) is 10.1 Å². The van der Waals surface area contributed by atoms with Gasteiger partial charge in [-0.15, -0.1) is 0 Å². The topological polar surface area (TPSA) is 52.6 Å². The van der Waals surface area contributed by atoms with Crippen LogP contribution in [0.4, 0.5) is 0 Å². The third-order valence-corrected chi connectivity index (χ3v) is 4.39. The largest absolute Gasteiger partial charge is 0.480 e. The van der Waals surface area contributed by atoms with Crippen LogP contribution in [0.3, 0.4) is 0 Å². The highest BCUT2D eigenvalue weighted by molar-refractivity contribution is 5.79. The Morgan fingerprint density at radius 3 is 2.72 bits per heavy atom. The smallest absolute Gasteiger partial charge is 0.323 e. The molecular weight excluding hydrogens is 228 g/mol. The Morgan fingerprint density at radius 1 is 1.44 bits per heavy atom. The van der Waals surface area contributed by atoms with Gasteiger partial charge < -0.3 is 10.0 Å². The molecule has 0 bridgehead atoms. The summed E-state index contributed by atoms with van der Waals surface area (Å²) < 4.78 is 0. The molecule has 2 fully saturated rings. The summed E-state index contributed by atoms with van der Waals surface area (Å²) in [5.74, 6) is -0.649. The number of rotatable bonds is 6. The van der Waals surface area contributed by atoms with Crippen molar-refractivity contribution >= 4 is 5.97 Å². The normalized spacial score (nSPS) is 32.7. The number of carboxylic acids is 1. The zero-order valence-corrected chi connectivity index (χ0v) is 11.6. The van der Waals surface area contributed by atoms with E-state index in [2.05, 4.69) is 24.2 Å². The highest BCUT2D eigenvalue weighted by atomic mass is 16.4. The van der Waals surface area contributed by atoms with Gasteiger partial charge in [-0.05, 0) is 58.5 Å². The van der Waals surface area contributed by atoms with Crippen molar-refractivity contribution in [3.8, 4) is 0 Å². The van der Waals surface area contributed by atoms with Crippen molar-refractivity contribution in [1.82, 2.24) is 10.2 Å². The van der Waals surface area contributed by atoms with Gasteiger partial charge in [0.2, 0.25) is 0 Å². The van der Waals surface area contributed by atoms with E-state index in [1.807, 2.05) is 0 Å². The molecule has 0 saturated heterocycles. The molecule has 18 heavy (non-hydrogen) atoms. The highest BCUT2D eigenvalue weighted by Crippen LogP contribution is 2.34. The summed E-state index contributed by atoms with van der Waals surface area (Å²) in [4.78, 5) is 14.0. The summed E-state index contributed by atoms with van der Waals surface area (Å²) in [5, 5.41) is 13.0. The van der Waals surface area contributed by atoms with Crippen LogP contribution < -0.4 is 5.32 Å². The van der Waals surface area contributed by atoms with Crippen LogP contribution in [0.25, 0.3) is 0 Å². The maximum Gasteiger partial charge on any atom is 0.323 e. The fraction of sp³-hybridized carbons (Fsp3) is 0.929. The molecule has 0 radical (unpaired) electrons. The van der Waals surface area contributed by atoms with E-state index in [1.54, 1.807) is 0 Å². The van der Waals surface area contributed by atoms with E-state index in [-0.39, 0.29) is 0 Å². The molecule has 2 rings (SSSR count). The van der Waals surface area contributed by atoms with Gasteiger partial charge in [-0.25, -0.2) is 0 Å². The summed E-state index contributed by atoms with van der Waals surface area (Å²) in [7, 11) is 2.13. The van der Waals surface area contributed by atoms with E-state index in [1.165, 1.54) is 0 Å². The van der Waals surface area contributed by atoms with Crippen LogP contribution in [0.5, 0.6) is 0 Å². The van der Waals surface area contributed by atoms with Gasteiger partial charge in [-0.2, -0.15) is 0 Å². The molecule has 4 heteroatoms. The maximum atomic E-state index is 11.7. The molecule has 0 heterocycles. The second-order valence-electron chi connectivity index (χ2n) is 6.04. The predicted octanol–water partition coefficient (Wildman–Crippen LogP) is 1.85. The van der Waals surface area contributed by atoms with Crippen LogP contribution in [0, 0.1) is 0 Å². The predicted molar refractivity (Wildman–Crippen MR) is 71.7 cm³/mol. The first-order valence-corrected chi connectivity index (χ1v) is 7.29. The van der Waals surface area contributed by atoms with Gasteiger partial charge in [0.1, 0.15) is 5.54 Å². The summed E-state index contributed by atoms with van der Waals surface area (Å²) >= 11 is 0. The average molecular weight is 254 g/mol. The van der Waals surface area contributed by atoms with Crippen molar-refractivity contribution in [1.29, 1.82) is 0 Å². The van der Waals surface area contributed by atoms with Crippen LogP contribution in [0.1, 0.15) is 51.9 Å². The van der Waals surface area contributed by atoms with E-state index < -0.39 is 11.5 Å². The fourth-order valence-electron chi connectivity index (χ4n) is 3.16. The Bertz CT molecular complexity index is 304. The first-order valence-electron chi connectivity index (χ1n) is 7.29. The third-order valence-electron chi connectivity index (χ3n) is 4.39. The Balaban J connectivity index is 2.02. The number of nitrogens with zero attached hydrogens (tertiary/aromatic N) is 1. The molecule has 4 nitrogen and oxygen atoms in total. The van der Waals surface area contributed by atoms with Gasteiger partial charge in [0.15, 0.2) is 0 Å². The quantitative estimate of drug-likeness (QED) is 0.759. The van der Waals surface area contributed by atoms with Crippen molar-refractivity contribution < 1.29 is 9.90 Å². The molecule has 2 unspecified atom stereocenters. The molecule has 0 aromatic rings. The first-order chi connectivity index (χ1) is 8.57. The third kappa shape index (κ3) is 3.04. The van der Waals surface area contributed by atoms with E-state index in [4.69, 9.17) is 0 Å². The number of nitrogens with one attached hydrogen (secondary N) is 1. The molecule has 0 aromatic heterocycles. The van der Waals surface area contributed by atoms with Gasteiger partial charge in [-0.1, -0.05) is 6.92 Å². The molecule has 2 aliphatic carbocycles. The van der Waals surface area contributed by atoms with Crippen LogP contribution in [0.2, 0.25) is 0 Å². The minimum Gasteiger partial charge on any atom is -0.480 e. The standard InChI is InChI=1S/C14H26N2O2/c1-3-9-16(2)12-5-4-8-14(10-12,13(17)18)15-11-6-7-11/h11-12,15H,3-10H2,1-2H3,(H,17,18). The van der Waals surface area contributed by atoms with Crippen molar-refractivity contribution in [3.63, 3.8) is 0 Å². The van der Waals surface area contributed by atoms with Crippen molar-refractivity contribution in [3.05, 3.63) is 0 Å². The molecule has 2 atom stereocenters. The first kappa shape index (κ1) is 13.8. The lowest BCUT2D eigenvalue weighted by Gasteiger charge is -2.42. The number of hydrogen-bond acceptors (Lipinski definition) is 3. The highest BCUT2D eigenvalue weighted by Gasteiger charge is 2.46. The van der Waals surface area contributed by atoms with Crippen LogP contribution in [-0.2, 0) is 4.79 Å². The lowest BCUT2D eigenvalue weighted by atomic mass is 9.78. The lowest BCUT2D eigenvalue weighted by Crippen LogP contribution is -2.58. The average Bonchev–Trinajstić information content (AvgIpc) is 3.13. The Kier molecular flexibility index (Phi) is 4.28. The Labute approximate surface area is 110 Å². The lowest BCUT2D eigenvalue weighted by molar-refractivity contribution is -0.147. The molecule has 2 aliphatic rings. The Morgan fingerprint density at radius 2 is 2.17 bits per heavy atom. The monoisotopic (exact) mass is 254 g/mol. The minimum atomic E-state index is -0.661. The fourth-order valence-corrected chi connectivity index (χ4v) is 3.16. The van der Waals surface area contributed by atoms with Crippen molar-refractivity contribution in [2.24, 2.45) is 0 Å². The molecule has 0 aromatic carbocycles. The zero-order valence-electron chi connectivity index (χ0n) is 11.6. The van der Waals surface area contributed by atoms with Crippen LogP contribution in [0.15, 0.2) is 0 Å². The SMILES string of the molecule is CCCN(C)C1CCCC(NC2CC2)(C(=O)O)C1. The number of carbonyl (C=O) groups is 1. The summed E-state index contributed by atoms with van der Waals surface area (Å²) in [5.41, 5.74) is -0.661. The molecule has 0 spiro atoms.